The first kappa shape index (κ1) is 22.2. The van der Waals surface area contributed by atoms with Gasteiger partial charge in [-0.3, -0.25) is 9.59 Å². The number of hydrogen-bond donors (Lipinski definition) is 3. The summed E-state index contributed by atoms with van der Waals surface area (Å²) in [4.78, 5) is 39.9. The van der Waals surface area contributed by atoms with Crippen LogP contribution in [0.3, 0.4) is 0 Å². The van der Waals surface area contributed by atoms with E-state index in [0.717, 1.165) is 69.4 Å². The van der Waals surface area contributed by atoms with Gasteiger partial charge in [0, 0.05) is 31.6 Å². The molecule has 1 aliphatic heterocycles. The van der Waals surface area contributed by atoms with Crippen molar-refractivity contribution in [3.05, 3.63) is 29.8 Å². The van der Waals surface area contributed by atoms with Crippen LogP contribution in [0.4, 0.5) is 10.5 Å². The highest BCUT2D eigenvalue weighted by molar-refractivity contribution is 6.03. The number of likely N-dealkylation sites (tertiary alicyclic amines) is 1. The highest BCUT2D eigenvalue weighted by Gasteiger charge is 2.51. The van der Waals surface area contributed by atoms with E-state index < -0.39 is 0 Å². The Balaban J connectivity index is 1.10. The van der Waals surface area contributed by atoms with E-state index >= 15 is 0 Å². The summed E-state index contributed by atoms with van der Waals surface area (Å²) in [5.41, 5.74) is 1.03. The van der Waals surface area contributed by atoms with Gasteiger partial charge in [0.2, 0.25) is 5.91 Å². The normalized spacial score (nSPS) is 30.1. The highest BCUT2D eigenvalue weighted by atomic mass is 16.2. The van der Waals surface area contributed by atoms with Gasteiger partial charge in [0.1, 0.15) is 0 Å². The number of urea groups is 1. The lowest BCUT2D eigenvalue weighted by Gasteiger charge is -2.56. The van der Waals surface area contributed by atoms with Crippen molar-refractivity contribution >= 4 is 23.5 Å². The molecule has 1 saturated heterocycles. The Bertz CT molecular complexity index is 873. The summed E-state index contributed by atoms with van der Waals surface area (Å²) in [5, 5.41) is 9.03. The van der Waals surface area contributed by atoms with Gasteiger partial charge in [-0.25, -0.2) is 4.79 Å². The maximum atomic E-state index is 12.9. The second kappa shape index (κ2) is 9.35. The molecule has 0 atom stereocenters. The Labute approximate surface area is 196 Å². The molecule has 7 heteroatoms. The molecule has 4 aliphatic carbocycles. The fourth-order valence-electron chi connectivity index (χ4n) is 7.10. The smallest absolute Gasteiger partial charge is 0.315 e. The van der Waals surface area contributed by atoms with Gasteiger partial charge in [0.05, 0.1) is 11.3 Å². The van der Waals surface area contributed by atoms with Gasteiger partial charge in [-0.15, -0.1) is 0 Å². The van der Waals surface area contributed by atoms with Gasteiger partial charge < -0.3 is 20.9 Å². The summed E-state index contributed by atoms with van der Waals surface area (Å²) in [6.07, 6.45) is 10.7. The van der Waals surface area contributed by atoms with Crippen molar-refractivity contribution in [2.75, 3.05) is 25.0 Å². The fourth-order valence-corrected chi connectivity index (χ4v) is 7.10. The second-order valence-electron chi connectivity index (χ2n) is 10.8. The lowest BCUT2D eigenvalue weighted by atomic mass is 9.53. The van der Waals surface area contributed by atoms with E-state index in [1.807, 2.05) is 17.0 Å². The van der Waals surface area contributed by atoms with Crippen molar-refractivity contribution in [1.29, 1.82) is 0 Å². The van der Waals surface area contributed by atoms with Crippen LogP contribution in [0.25, 0.3) is 0 Å². The molecule has 0 radical (unpaired) electrons. The minimum atomic E-state index is -0.205. The van der Waals surface area contributed by atoms with Crippen molar-refractivity contribution in [2.24, 2.45) is 17.8 Å². The van der Waals surface area contributed by atoms with E-state index in [9.17, 15) is 14.4 Å². The average molecular weight is 453 g/mol. The van der Waals surface area contributed by atoms with Gasteiger partial charge >= 0.3 is 6.03 Å². The number of hydrogen-bond acceptors (Lipinski definition) is 3. The van der Waals surface area contributed by atoms with Crippen LogP contribution in [0.15, 0.2) is 24.3 Å². The van der Waals surface area contributed by atoms with Gasteiger partial charge in [-0.2, -0.15) is 0 Å². The topological polar surface area (TPSA) is 90.5 Å². The van der Waals surface area contributed by atoms with Gasteiger partial charge in [-0.1, -0.05) is 12.1 Å². The summed E-state index contributed by atoms with van der Waals surface area (Å²) in [5.74, 6) is 2.09. The van der Waals surface area contributed by atoms with Crippen LogP contribution < -0.4 is 16.0 Å². The summed E-state index contributed by atoms with van der Waals surface area (Å²) in [7, 11) is 0. The third-order valence-corrected chi connectivity index (χ3v) is 8.13. The SMILES string of the molecule is O=C(CCNC(=O)NC12CC3CC(CC(C3)C1)C2)Nc1ccccc1C(=O)N1CCCCC1. The van der Waals surface area contributed by atoms with E-state index in [2.05, 4.69) is 16.0 Å². The molecule has 6 rings (SSSR count). The zero-order chi connectivity index (χ0) is 22.8. The van der Waals surface area contributed by atoms with Gasteiger partial charge in [0.15, 0.2) is 0 Å². The molecule has 5 fully saturated rings. The zero-order valence-corrected chi connectivity index (χ0v) is 19.4. The van der Waals surface area contributed by atoms with E-state index in [1.54, 1.807) is 12.1 Å². The number of nitrogens with one attached hydrogen (secondary N) is 3. The molecular formula is C26H36N4O3. The average Bonchev–Trinajstić information content (AvgIpc) is 2.78. The van der Waals surface area contributed by atoms with Gasteiger partial charge in [-0.05, 0) is 87.7 Å². The third-order valence-electron chi connectivity index (χ3n) is 8.13. The van der Waals surface area contributed by atoms with Crippen molar-refractivity contribution < 1.29 is 14.4 Å². The summed E-state index contributed by atoms with van der Waals surface area (Å²) >= 11 is 0. The maximum Gasteiger partial charge on any atom is 0.315 e. The van der Waals surface area contributed by atoms with E-state index in [0.29, 0.717) is 11.3 Å². The number of benzene rings is 1. The number of anilines is 1. The molecule has 0 unspecified atom stereocenters. The third kappa shape index (κ3) is 5.02. The van der Waals surface area contributed by atoms with Crippen molar-refractivity contribution in [3.63, 3.8) is 0 Å². The number of nitrogens with zero attached hydrogens (tertiary/aromatic N) is 1. The predicted octanol–water partition coefficient (Wildman–Crippen LogP) is 3.91. The molecule has 3 N–H and O–H groups in total. The molecule has 5 aliphatic rings. The summed E-state index contributed by atoms with van der Waals surface area (Å²) < 4.78 is 0. The molecule has 4 bridgehead atoms. The minimum absolute atomic E-state index is 0.0290. The molecule has 4 saturated carbocycles. The van der Waals surface area contributed by atoms with Crippen LogP contribution in [0.2, 0.25) is 0 Å². The Kier molecular flexibility index (Phi) is 6.30. The predicted molar refractivity (Wildman–Crippen MR) is 127 cm³/mol. The molecule has 178 valence electrons. The number of carbonyl (C=O) groups is 3. The summed E-state index contributed by atoms with van der Waals surface area (Å²) in [6.45, 7) is 1.81. The Hall–Kier alpha value is -2.57. The Morgan fingerprint density at radius 1 is 0.909 bits per heavy atom. The maximum absolute atomic E-state index is 12.9. The monoisotopic (exact) mass is 452 g/mol. The molecule has 0 aromatic heterocycles. The van der Waals surface area contributed by atoms with Crippen LogP contribution in [0.1, 0.15) is 74.6 Å². The number of amides is 4. The molecular weight excluding hydrogens is 416 g/mol. The first-order chi connectivity index (χ1) is 16.0. The van der Waals surface area contributed by atoms with E-state index in [4.69, 9.17) is 0 Å². The number of piperidine rings is 1. The van der Waals surface area contributed by atoms with E-state index in [1.165, 1.54) is 19.3 Å². The molecule has 1 aromatic carbocycles. The molecule has 1 heterocycles. The molecule has 4 amide bonds. The second-order valence-corrected chi connectivity index (χ2v) is 10.8. The van der Waals surface area contributed by atoms with Gasteiger partial charge in [0.25, 0.3) is 5.91 Å². The minimum Gasteiger partial charge on any atom is -0.339 e. The van der Waals surface area contributed by atoms with Crippen molar-refractivity contribution in [3.8, 4) is 0 Å². The molecule has 1 aromatic rings. The Morgan fingerprint density at radius 2 is 1.55 bits per heavy atom. The number of rotatable bonds is 6. The van der Waals surface area contributed by atoms with Crippen LogP contribution in [0.5, 0.6) is 0 Å². The standard InChI is InChI=1S/C26H36N4O3/c31-23(28-22-7-3-2-6-21(22)24(32)30-10-4-1-5-11-30)8-9-27-25(33)29-26-15-18-12-19(16-26)14-20(13-18)17-26/h2-3,6-7,18-20H,1,4-5,8-17H2,(H,28,31)(H2,27,29,33). The van der Waals surface area contributed by atoms with Crippen LogP contribution in [0, 0.1) is 17.8 Å². The molecule has 7 nitrogen and oxygen atoms in total. The lowest BCUT2D eigenvalue weighted by Crippen LogP contribution is -2.61. The number of carbonyl (C=O) groups excluding carboxylic acids is 3. The Morgan fingerprint density at radius 3 is 2.21 bits per heavy atom. The lowest BCUT2D eigenvalue weighted by molar-refractivity contribution is -0.116. The quantitative estimate of drug-likeness (QED) is 0.611. The van der Waals surface area contributed by atoms with Crippen LogP contribution >= 0.6 is 0 Å². The van der Waals surface area contributed by atoms with Crippen LogP contribution in [-0.2, 0) is 4.79 Å². The molecule has 0 spiro atoms. The highest BCUT2D eigenvalue weighted by Crippen LogP contribution is 2.55. The van der Waals surface area contributed by atoms with Crippen LogP contribution in [-0.4, -0.2) is 47.9 Å². The number of para-hydroxylation sites is 1. The van der Waals surface area contributed by atoms with E-state index in [-0.39, 0.29) is 36.3 Å². The van der Waals surface area contributed by atoms with Crippen molar-refractivity contribution in [2.45, 2.75) is 69.7 Å². The summed E-state index contributed by atoms with van der Waals surface area (Å²) in [6, 6.07) is 7.01. The van der Waals surface area contributed by atoms with Crippen molar-refractivity contribution in [1.82, 2.24) is 15.5 Å². The first-order valence-electron chi connectivity index (χ1n) is 12.7. The fraction of sp³-hybridized carbons (Fsp3) is 0.654. The first-order valence-corrected chi connectivity index (χ1v) is 12.7. The largest absolute Gasteiger partial charge is 0.339 e. The molecule has 33 heavy (non-hydrogen) atoms. The zero-order valence-electron chi connectivity index (χ0n) is 19.4.